The molecule has 0 radical (unpaired) electrons. The first-order valence-electron chi connectivity index (χ1n) is 7.50. The first kappa shape index (κ1) is 15.4. The van der Waals surface area contributed by atoms with Crippen molar-refractivity contribution in [2.24, 2.45) is 0 Å². The Hall–Kier alpha value is -1.96. The molecule has 0 aliphatic carbocycles. The average Bonchev–Trinajstić information content (AvgIpc) is 2.43. The van der Waals surface area contributed by atoms with Gasteiger partial charge in [0.05, 0.1) is 0 Å². The van der Waals surface area contributed by atoms with Gasteiger partial charge in [0.2, 0.25) is 0 Å². The van der Waals surface area contributed by atoms with Crippen molar-refractivity contribution in [3.05, 3.63) is 58.7 Å². The average molecular weight is 282 g/mol. The van der Waals surface area contributed by atoms with E-state index in [4.69, 9.17) is 0 Å². The molecule has 0 amide bonds. The molecule has 0 spiro atoms. The van der Waals surface area contributed by atoms with E-state index in [1.807, 2.05) is 0 Å². The van der Waals surface area contributed by atoms with Gasteiger partial charge in [0.1, 0.15) is 0 Å². The summed E-state index contributed by atoms with van der Waals surface area (Å²) in [7, 11) is 4.14. The van der Waals surface area contributed by atoms with Gasteiger partial charge in [0.15, 0.2) is 0 Å². The van der Waals surface area contributed by atoms with Crippen molar-refractivity contribution in [1.82, 2.24) is 0 Å². The SMILES string of the molecule is Cc1ccc(C(C)Nc2ccc(N(C)C)cc2C)cc1C. The molecule has 0 fully saturated rings. The highest BCUT2D eigenvalue weighted by atomic mass is 15.1. The second kappa shape index (κ2) is 6.21. The minimum Gasteiger partial charge on any atom is -0.378 e. The number of benzene rings is 2. The molecule has 112 valence electrons. The van der Waals surface area contributed by atoms with E-state index in [1.165, 1.54) is 33.6 Å². The molecular weight excluding hydrogens is 256 g/mol. The van der Waals surface area contributed by atoms with Gasteiger partial charge in [0.25, 0.3) is 0 Å². The van der Waals surface area contributed by atoms with Gasteiger partial charge in [-0.1, -0.05) is 18.2 Å². The molecular formula is C19H26N2. The van der Waals surface area contributed by atoms with Crippen LogP contribution in [-0.2, 0) is 0 Å². The maximum atomic E-state index is 3.62. The van der Waals surface area contributed by atoms with Gasteiger partial charge in [-0.05, 0) is 68.1 Å². The Labute approximate surface area is 128 Å². The topological polar surface area (TPSA) is 15.3 Å². The van der Waals surface area contributed by atoms with Crippen molar-refractivity contribution in [2.45, 2.75) is 33.7 Å². The zero-order valence-electron chi connectivity index (χ0n) is 14.0. The van der Waals surface area contributed by atoms with E-state index in [-0.39, 0.29) is 0 Å². The van der Waals surface area contributed by atoms with E-state index >= 15 is 0 Å². The molecule has 21 heavy (non-hydrogen) atoms. The van der Waals surface area contributed by atoms with Crippen molar-refractivity contribution in [1.29, 1.82) is 0 Å². The summed E-state index contributed by atoms with van der Waals surface area (Å²) < 4.78 is 0. The molecule has 2 aromatic rings. The van der Waals surface area contributed by atoms with Crippen LogP contribution in [0, 0.1) is 20.8 Å². The fraction of sp³-hybridized carbons (Fsp3) is 0.368. The number of rotatable bonds is 4. The first-order chi connectivity index (χ1) is 9.88. The minimum atomic E-state index is 0.299. The van der Waals surface area contributed by atoms with E-state index in [0.29, 0.717) is 6.04 Å². The van der Waals surface area contributed by atoms with Crippen molar-refractivity contribution in [3.8, 4) is 0 Å². The fourth-order valence-corrected chi connectivity index (χ4v) is 2.44. The predicted molar refractivity (Wildman–Crippen MR) is 93.5 cm³/mol. The zero-order valence-corrected chi connectivity index (χ0v) is 14.0. The van der Waals surface area contributed by atoms with Crippen LogP contribution < -0.4 is 10.2 Å². The fourth-order valence-electron chi connectivity index (χ4n) is 2.44. The lowest BCUT2D eigenvalue weighted by Gasteiger charge is -2.20. The highest BCUT2D eigenvalue weighted by Crippen LogP contribution is 2.26. The van der Waals surface area contributed by atoms with Crippen molar-refractivity contribution in [2.75, 3.05) is 24.3 Å². The van der Waals surface area contributed by atoms with E-state index < -0.39 is 0 Å². The number of hydrogen-bond donors (Lipinski definition) is 1. The summed E-state index contributed by atoms with van der Waals surface area (Å²) in [4.78, 5) is 2.13. The van der Waals surface area contributed by atoms with Crippen LogP contribution >= 0.6 is 0 Å². The molecule has 1 atom stereocenters. The maximum absolute atomic E-state index is 3.62. The number of nitrogens with zero attached hydrogens (tertiary/aromatic N) is 1. The van der Waals surface area contributed by atoms with Gasteiger partial charge >= 0.3 is 0 Å². The summed E-state index contributed by atoms with van der Waals surface area (Å²) in [6.07, 6.45) is 0. The molecule has 0 bridgehead atoms. The Morgan fingerprint density at radius 1 is 0.857 bits per heavy atom. The summed E-state index contributed by atoms with van der Waals surface area (Å²) in [6, 6.07) is 13.5. The van der Waals surface area contributed by atoms with E-state index in [1.54, 1.807) is 0 Å². The summed E-state index contributed by atoms with van der Waals surface area (Å²) in [5.41, 5.74) is 7.73. The minimum absolute atomic E-state index is 0.299. The molecule has 0 heterocycles. The standard InChI is InChI=1S/C19H26N2/c1-13-7-8-17(11-14(13)2)16(4)20-19-10-9-18(21(5)6)12-15(19)3/h7-12,16,20H,1-6H3. The van der Waals surface area contributed by atoms with Crippen molar-refractivity contribution < 1.29 is 0 Å². The third-order valence-corrected chi connectivity index (χ3v) is 4.13. The highest BCUT2D eigenvalue weighted by molar-refractivity contribution is 5.60. The largest absolute Gasteiger partial charge is 0.378 e. The maximum Gasteiger partial charge on any atom is 0.0485 e. The number of nitrogens with one attached hydrogen (secondary N) is 1. The molecule has 1 N–H and O–H groups in total. The lowest BCUT2D eigenvalue weighted by atomic mass is 10.0. The lowest BCUT2D eigenvalue weighted by molar-refractivity contribution is 0.879. The third-order valence-electron chi connectivity index (χ3n) is 4.13. The predicted octanol–water partition coefficient (Wildman–Crippen LogP) is 4.85. The van der Waals surface area contributed by atoms with Gasteiger partial charge in [-0.25, -0.2) is 0 Å². The summed E-state index contributed by atoms with van der Waals surface area (Å²) in [6.45, 7) is 8.69. The van der Waals surface area contributed by atoms with Crippen LogP contribution in [0.3, 0.4) is 0 Å². The van der Waals surface area contributed by atoms with E-state index in [2.05, 4.69) is 88.4 Å². The normalized spacial score (nSPS) is 12.1. The highest BCUT2D eigenvalue weighted by Gasteiger charge is 2.08. The molecule has 2 heteroatoms. The second-order valence-electron chi connectivity index (χ2n) is 6.10. The zero-order chi connectivity index (χ0) is 15.6. The van der Waals surface area contributed by atoms with Crippen molar-refractivity contribution in [3.63, 3.8) is 0 Å². The Bertz CT molecular complexity index is 629. The number of anilines is 2. The van der Waals surface area contributed by atoms with Gasteiger partial charge in [-0.3, -0.25) is 0 Å². The van der Waals surface area contributed by atoms with Crippen LogP contribution in [0.25, 0.3) is 0 Å². The van der Waals surface area contributed by atoms with Crippen LogP contribution in [0.2, 0.25) is 0 Å². The Morgan fingerprint density at radius 2 is 1.57 bits per heavy atom. The molecule has 0 saturated heterocycles. The first-order valence-corrected chi connectivity index (χ1v) is 7.50. The number of hydrogen-bond acceptors (Lipinski definition) is 2. The Kier molecular flexibility index (Phi) is 4.56. The quantitative estimate of drug-likeness (QED) is 0.862. The van der Waals surface area contributed by atoms with Crippen molar-refractivity contribution >= 4 is 11.4 Å². The van der Waals surface area contributed by atoms with Gasteiger partial charge in [-0.15, -0.1) is 0 Å². The molecule has 0 aliphatic heterocycles. The molecule has 0 saturated carbocycles. The van der Waals surface area contributed by atoms with E-state index in [9.17, 15) is 0 Å². The van der Waals surface area contributed by atoms with Crippen LogP contribution in [0.4, 0.5) is 11.4 Å². The molecule has 2 nitrogen and oxygen atoms in total. The summed E-state index contributed by atoms with van der Waals surface area (Å²) in [5, 5.41) is 3.62. The Morgan fingerprint density at radius 3 is 2.14 bits per heavy atom. The molecule has 2 rings (SSSR count). The molecule has 2 aromatic carbocycles. The smallest absolute Gasteiger partial charge is 0.0485 e. The summed E-state index contributed by atoms with van der Waals surface area (Å²) >= 11 is 0. The summed E-state index contributed by atoms with van der Waals surface area (Å²) in [5.74, 6) is 0. The van der Waals surface area contributed by atoms with Crippen LogP contribution in [0.15, 0.2) is 36.4 Å². The second-order valence-corrected chi connectivity index (χ2v) is 6.10. The van der Waals surface area contributed by atoms with E-state index in [0.717, 1.165) is 0 Å². The Balaban J connectivity index is 2.19. The van der Waals surface area contributed by atoms with Crippen LogP contribution in [0.5, 0.6) is 0 Å². The molecule has 1 unspecified atom stereocenters. The molecule has 0 aliphatic rings. The molecule has 0 aromatic heterocycles. The van der Waals surface area contributed by atoms with Gasteiger partial charge in [-0.2, -0.15) is 0 Å². The third kappa shape index (κ3) is 3.57. The monoisotopic (exact) mass is 282 g/mol. The number of aryl methyl sites for hydroxylation is 3. The van der Waals surface area contributed by atoms with Crippen LogP contribution in [-0.4, -0.2) is 14.1 Å². The lowest BCUT2D eigenvalue weighted by Crippen LogP contribution is -2.11. The van der Waals surface area contributed by atoms with Gasteiger partial charge in [0, 0.05) is 31.5 Å². The van der Waals surface area contributed by atoms with Crippen LogP contribution in [0.1, 0.15) is 35.2 Å². The van der Waals surface area contributed by atoms with Gasteiger partial charge < -0.3 is 10.2 Å².